The van der Waals surface area contributed by atoms with Crippen molar-refractivity contribution in [1.82, 2.24) is 0 Å². The van der Waals surface area contributed by atoms with E-state index >= 15 is 0 Å². The number of esters is 4. The quantitative estimate of drug-likeness (QED) is 0.0117. The third-order valence-corrected chi connectivity index (χ3v) is 16.0. The van der Waals surface area contributed by atoms with Crippen LogP contribution in [0.4, 0.5) is 0 Å². The minimum absolute atomic E-state index is 0.105. The number of hydrogen-bond donors (Lipinski definition) is 0. The molecule has 0 N–H and O–H groups in total. The van der Waals surface area contributed by atoms with Crippen molar-refractivity contribution >= 4 is 23.9 Å². The molecule has 6 rings (SSSR count). The van der Waals surface area contributed by atoms with Crippen LogP contribution in [0.15, 0.2) is 140 Å². The number of benzene rings is 5. The molecule has 546 valence electrons. The Bertz CT molecular complexity index is 3080. The lowest BCUT2D eigenvalue weighted by molar-refractivity contribution is -0.139. The maximum Gasteiger partial charge on any atom is 0.343 e. The highest BCUT2D eigenvalue weighted by Crippen LogP contribution is 2.42. The van der Waals surface area contributed by atoms with Gasteiger partial charge in [0.25, 0.3) is 0 Å². The van der Waals surface area contributed by atoms with Gasteiger partial charge in [-0.2, -0.15) is 0 Å². The van der Waals surface area contributed by atoms with Gasteiger partial charge in [0.15, 0.2) is 23.0 Å². The van der Waals surface area contributed by atoms with Gasteiger partial charge in [-0.15, -0.1) is 0 Å². The van der Waals surface area contributed by atoms with Crippen LogP contribution in [0.2, 0.25) is 0 Å². The Morgan fingerprint density at radius 2 is 0.630 bits per heavy atom. The third-order valence-electron chi connectivity index (χ3n) is 16.0. The summed E-state index contributed by atoms with van der Waals surface area (Å²) in [6.45, 7) is 22.0. The van der Waals surface area contributed by atoms with Gasteiger partial charge in [0, 0.05) is 22.8 Å². The zero-order valence-corrected chi connectivity index (χ0v) is 59.6. The first-order valence-electron chi connectivity index (χ1n) is 35.9. The van der Waals surface area contributed by atoms with E-state index in [1.165, 1.54) is 0 Å². The molecular formula is C81H108O19. The molecule has 1 aliphatic rings. The predicted octanol–water partition coefficient (Wildman–Crippen LogP) is 17.2. The number of fused-ring (bicyclic) bond motifs is 1. The molecule has 0 aliphatic carbocycles. The molecule has 0 bridgehead atoms. The van der Waals surface area contributed by atoms with Crippen molar-refractivity contribution in [2.24, 2.45) is 0 Å². The maximum absolute atomic E-state index is 14.6. The molecule has 1 aliphatic heterocycles. The summed E-state index contributed by atoms with van der Waals surface area (Å²) in [5, 5.41) is 0. The van der Waals surface area contributed by atoms with Crippen molar-refractivity contribution in [1.29, 1.82) is 0 Å². The van der Waals surface area contributed by atoms with Crippen LogP contribution < -0.4 is 42.6 Å². The lowest BCUT2D eigenvalue weighted by Crippen LogP contribution is -2.13. The molecule has 5 aromatic rings. The molecule has 0 spiro atoms. The molecule has 0 aromatic heterocycles. The van der Waals surface area contributed by atoms with E-state index in [9.17, 15) is 19.2 Å². The summed E-state index contributed by atoms with van der Waals surface area (Å²) >= 11 is 0. The normalized spacial score (nSPS) is 12.6. The second-order valence-corrected chi connectivity index (χ2v) is 24.9. The number of unbranched alkanes of at least 4 members (excludes halogenated alkanes) is 18. The molecule has 100 heavy (non-hydrogen) atoms. The molecule has 0 saturated heterocycles. The topological polar surface area (TPSA) is 207 Å². The number of carbonyl (C=O) groups excluding carboxylic acids is 4. The van der Waals surface area contributed by atoms with E-state index in [-0.39, 0.29) is 79.5 Å². The SMILES string of the molecule is C=C(C)C(=O)OCCCCCCCCCOc1ccc(COc2cc(C(=O)Oc3ccc4c(c3)OCCOCCOCCOCCO4)cc(OCc3ccc(OCCCCCCCCCOC(=O)C(=C)C)cc3)c2OCc2ccc(OCCCCCCCCCOC(=O)C(=C)C)cc2)cc1. The Morgan fingerprint density at radius 3 is 0.980 bits per heavy atom. The van der Waals surface area contributed by atoms with Gasteiger partial charge >= 0.3 is 23.9 Å². The van der Waals surface area contributed by atoms with Gasteiger partial charge in [-0.05, 0) is 137 Å². The maximum atomic E-state index is 14.6. The van der Waals surface area contributed by atoms with Crippen molar-refractivity contribution in [3.05, 3.63) is 162 Å². The molecule has 0 radical (unpaired) electrons. The minimum atomic E-state index is -0.692. The molecule has 0 saturated carbocycles. The molecule has 0 unspecified atom stereocenters. The average molecular weight is 1390 g/mol. The van der Waals surface area contributed by atoms with Gasteiger partial charge in [0.1, 0.15) is 56.0 Å². The zero-order valence-electron chi connectivity index (χ0n) is 59.6. The average Bonchev–Trinajstić information content (AvgIpc) is 0.807. The van der Waals surface area contributed by atoms with Crippen LogP contribution in [0.1, 0.15) is 183 Å². The van der Waals surface area contributed by atoms with Crippen LogP contribution >= 0.6 is 0 Å². The number of carbonyl (C=O) groups is 4. The number of rotatable bonds is 47. The zero-order chi connectivity index (χ0) is 71.0. The van der Waals surface area contributed by atoms with E-state index in [1.54, 1.807) is 51.1 Å². The van der Waals surface area contributed by atoms with E-state index in [4.69, 9.17) is 71.1 Å². The molecule has 1 heterocycles. The van der Waals surface area contributed by atoms with Crippen LogP contribution in [0.3, 0.4) is 0 Å². The second-order valence-electron chi connectivity index (χ2n) is 24.9. The van der Waals surface area contributed by atoms with Gasteiger partial charge in [0.2, 0.25) is 5.75 Å². The van der Waals surface area contributed by atoms with Gasteiger partial charge in [-0.25, -0.2) is 19.2 Å². The standard InChI is InChI=1S/C81H108O19/c1-62(2)78(82)94-45-25-19-13-7-10-16-22-42-89-69-34-28-65(29-35-69)59-97-75-56-68(81(85)100-72-40-41-73-74(58-72)93-55-53-88-51-49-86-48-50-87-52-54-92-73)57-76(98-60-66-30-36-70(37-31-66)90-43-23-17-11-8-14-20-26-46-95-79(83)63(3)4)77(75)99-61-67-32-38-71(39-33-67)91-44-24-18-12-9-15-21-27-47-96-80(84)64(5)6/h28-41,56-58H,1,3,5,7-27,42-55,59-61H2,2,4,6H3. The monoisotopic (exact) mass is 1380 g/mol. The van der Waals surface area contributed by atoms with Crippen molar-refractivity contribution in [2.75, 3.05) is 92.5 Å². The molecular weight excluding hydrogens is 1280 g/mol. The van der Waals surface area contributed by atoms with Crippen LogP contribution in [-0.4, -0.2) is 116 Å². The van der Waals surface area contributed by atoms with E-state index in [2.05, 4.69) is 19.7 Å². The summed E-state index contributed by atoms with van der Waals surface area (Å²) in [7, 11) is 0. The Kier molecular flexibility index (Phi) is 39.5. The van der Waals surface area contributed by atoms with Crippen LogP contribution in [0, 0.1) is 0 Å². The fourth-order valence-electron chi connectivity index (χ4n) is 10.2. The van der Waals surface area contributed by atoms with Crippen molar-refractivity contribution < 1.29 is 90.2 Å². The predicted molar refractivity (Wildman–Crippen MR) is 384 cm³/mol. The summed E-state index contributed by atoms with van der Waals surface area (Å²) in [5.41, 5.74) is 3.94. The van der Waals surface area contributed by atoms with Crippen LogP contribution in [0.5, 0.6) is 51.7 Å². The smallest absolute Gasteiger partial charge is 0.343 e. The first kappa shape index (κ1) is 80.5. The summed E-state index contributed by atoms with van der Waals surface area (Å²) < 4.78 is 89.3. The van der Waals surface area contributed by atoms with Crippen LogP contribution in [-0.2, 0) is 62.6 Å². The molecule has 0 fully saturated rings. The first-order chi connectivity index (χ1) is 48.8. The lowest BCUT2D eigenvalue weighted by Gasteiger charge is -2.19. The minimum Gasteiger partial charge on any atom is -0.494 e. The number of hydrogen-bond acceptors (Lipinski definition) is 19. The van der Waals surface area contributed by atoms with E-state index in [1.807, 2.05) is 72.8 Å². The fraction of sp³-hybridized carbons (Fsp3) is 0.506. The highest BCUT2D eigenvalue weighted by molar-refractivity contribution is 5.93. The summed E-state index contributed by atoms with van der Waals surface area (Å²) in [6, 6.07) is 31.4. The van der Waals surface area contributed by atoms with Gasteiger partial charge in [-0.1, -0.05) is 152 Å². The van der Waals surface area contributed by atoms with E-state index < -0.39 is 5.97 Å². The molecule has 5 aromatic carbocycles. The Morgan fingerprint density at radius 1 is 0.330 bits per heavy atom. The van der Waals surface area contributed by atoms with Gasteiger partial charge in [-0.3, -0.25) is 0 Å². The van der Waals surface area contributed by atoms with Crippen LogP contribution in [0.25, 0.3) is 0 Å². The third kappa shape index (κ3) is 34.0. The Balaban J connectivity index is 1.14. The summed E-state index contributed by atoms with van der Waals surface area (Å²) in [4.78, 5) is 49.4. The lowest BCUT2D eigenvalue weighted by atomic mass is 10.1. The Hall–Kier alpha value is -8.52. The molecule has 0 atom stereocenters. The molecule has 19 nitrogen and oxygen atoms in total. The highest BCUT2D eigenvalue weighted by Gasteiger charge is 2.23. The van der Waals surface area contributed by atoms with Gasteiger partial charge < -0.3 is 71.1 Å². The van der Waals surface area contributed by atoms with Crippen molar-refractivity contribution in [2.45, 2.75) is 175 Å². The number of ether oxygens (including phenoxy) is 15. The first-order valence-corrected chi connectivity index (χ1v) is 35.9. The Labute approximate surface area is 593 Å². The summed E-state index contributed by atoms with van der Waals surface area (Å²) in [5.74, 6) is 2.33. The van der Waals surface area contributed by atoms with E-state index in [0.717, 1.165) is 169 Å². The van der Waals surface area contributed by atoms with Crippen molar-refractivity contribution in [3.63, 3.8) is 0 Å². The molecule has 0 amide bonds. The molecule has 19 heteroatoms. The van der Waals surface area contributed by atoms with E-state index in [0.29, 0.717) is 108 Å². The van der Waals surface area contributed by atoms with Crippen molar-refractivity contribution in [3.8, 4) is 51.7 Å². The fourth-order valence-corrected chi connectivity index (χ4v) is 10.2. The highest BCUT2D eigenvalue weighted by atomic mass is 16.6. The second kappa shape index (κ2) is 49.1. The van der Waals surface area contributed by atoms with Gasteiger partial charge in [0.05, 0.1) is 84.8 Å². The summed E-state index contributed by atoms with van der Waals surface area (Å²) in [6.07, 6.45) is 21.4. The largest absolute Gasteiger partial charge is 0.494 e.